The average molecular weight is 453 g/mol. The minimum absolute atomic E-state index is 0.0614. The average Bonchev–Trinajstić information content (AvgIpc) is 3.17. The van der Waals surface area contributed by atoms with E-state index >= 15 is 0 Å². The number of ketones is 1. The van der Waals surface area contributed by atoms with Crippen molar-refractivity contribution in [1.82, 2.24) is 0 Å². The molecule has 10 atom stereocenters. The smallest absolute Gasteiger partial charge is 0.334 e. The fourth-order valence-corrected chi connectivity index (χ4v) is 11.7. The third-order valence-electron chi connectivity index (χ3n) is 13.5. The highest BCUT2D eigenvalue weighted by Crippen LogP contribution is 2.77. The van der Waals surface area contributed by atoms with E-state index in [4.69, 9.17) is 4.74 Å². The molecule has 0 amide bonds. The second-order valence-corrected chi connectivity index (χ2v) is 14.7. The van der Waals surface area contributed by atoms with Crippen LogP contribution in [-0.4, -0.2) is 17.9 Å². The summed E-state index contributed by atoms with van der Waals surface area (Å²) in [6.07, 6.45) is 10.4. The van der Waals surface area contributed by atoms with Crippen molar-refractivity contribution in [3.63, 3.8) is 0 Å². The molecule has 0 bridgehead atoms. The summed E-state index contributed by atoms with van der Waals surface area (Å²) >= 11 is 0. The summed E-state index contributed by atoms with van der Waals surface area (Å²) in [5, 5.41) is 0. The first-order valence-electron chi connectivity index (χ1n) is 13.7. The molecule has 0 spiro atoms. The predicted octanol–water partition coefficient (Wildman–Crippen LogP) is 6.75. The molecule has 3 heteroatoms. The topological polar surface area (TPSA) is 43.4 Å². The summed E-state index contributed by atoms with van der Waals surface area (Å²) < 4.78 is 5.85. The fraction of sp³-hybridized carbons (Fsp3) is 0.867. The van der Waals surface area contributed by atoms with Crippen LogP contribution in [0.2, 0.25) is 0 Å². The summed E-state index contributed by atoms with van der Waals surface area (Å²) in [7, 11) is 0. The van der Waals surface area contributed by atoms with Crippen LogP contribution in [0.1, 0.15) is 99.3 Å². The lowest BCUT2D eigenvalue weighted by atomic mass is 9.32. The van der Waals surface area contributed by atoms with E-state index in [0.29, 0.717) is 34.9 Å². The zero-order valence-corrected chi connectivity index (χ0v) is 21.8. The van der Waals surface area contributed by atoms with Gasteiger partial charge in [0, 0.05) is 23.3 Å². The number of esters is 1. The molecule has 0 aromatic carbocycles. The van der Waals surface area contributed by atoms with Gasteiger partial charge in [0.05, 0.1) is 0 Å². The van der Waals surface area contributed by atoms with Gasteiger partial charge in [-0.3, -0.25) is 4.79 Å². The number of ether oxygens (including phenoxy) is 1. The Hall–Kier alpha value is -1.12. The van der Waals surface area contributed by atoms with E-state index in [9.17, 15) is 9.59 Å². The van der Waals surface area contributed by atoms with Crippen molar-refractivity contribution in [2.45, 2.75) is 105 Å². The van der Waals surface area contributed by atoms with Crippen LogP contribution in [0.3, 0.4) is 0 Å². The molecule has 1 heterocycles. The molecule has 6 aliphatic rings. The fourth-order valence-electron chi connectivity index (χ4n) is 11.7. The van der Waals surface area contributed by atoms with Gasteiger partial charge in [-0.25, -0.2) is 4.79 Å². The van der Waals surface area contributed by atoms with Gasteiger partial charge in [0.25, 0.3) is 0 Å². The van der Waals surface area contributed by atoms with Crippen LogP contribution >= 0.6 is 0 Å². The largest absolute Gasteiger partial charge is 0.458 e. The highest BCUT2D eigenvalue weighted by atomic mass is 16.6. The molecule has 33 heavy (non-hydrogen) atoms. The summed E-state index contributed by atoms with van der Waals surface area (Å²) in [5.74, 6) is 2.93. The maximum absolute atomic E-state index is 12.9. The molecule has 0 radical (unpaired) electrons. The molecule has 5 aliphatic carbocycles. The lowest BCUT2D eigenvalue weighted by molar-refractivity contribution is -0.232. The number of hydrogen-bond acceptors (Lipinski definition) is 3. The van der Waals surface area contributed by atoms with Gasteiger partial charge in [-0.2, -0.15) is 0 Å². The second-order valence-electron chi connectivity index (χ2n) is 14.7. The van der Waals surface area contributed by atoms with Crippen molar-refractivity contribution in [3.8, 4) is 0 Å². The molecule has 1 aliphatic heterocycles. The molecule has 6 fully saturated rings. The van der Waals surface area contributed by atoms with E-state index in [2.05, 4.69) is 48.1 Å². The van der Waals surface area contributed by atoms with Gasteiger partial charge in [-0.1, -0.05) is 48.1 Å². The van der Waals surface area contributed by atoms with Crippen LogP contribution in [0, 0.1) is 56.7 Å². The first-order chi connectivity index (χ1) is 15.3. The van der Waals surface area contributed by atoms with Gasteiger partial charge < -0.3 is 4.74 Å². The van der Waals surface area contributed by atoms with Crippen molar-refractivity contribution in [2.24, 2.45) is 56.7 Å². The SMILES string of the molecule is C=C1C(=O)O[C@H]2C[C@]3(C)CC[C@]4(C)[C@H](CC[C@@H]5[C@@]6(C)CCC(=O)C(C)(C)[C@@H]6CC[C@]54C)[C@H]3C12. The molecule has 182 valence electrons. The molecular formula is C30H44O3. The molecule has 5 saturated carbocycles. The summed E-state index contributed by atoms with van der Waals surface area (Å²) in [5.41, 5.74) is 1.67. The Bertz CT molecular complexity index is 948. The van der Waals surface area contributed by atoms with E-state index in [1.165, 1.54) is 38.5 Å². The molecule has 1 saturated heterocycles. The number of carbonyl (C=O) groups is 2. The Kier molecular flexibility index (Phi) is 4.30. The normalized spacial score (nSPS) is 56.8. The molecule has 0 aromatic heterocycles. The Morgan fingerprint density at radius 2 is 1.58 bits per heavy atom. The third-order valence-corrected chi connectivity index (χ3v) is 13.5. The Morgan fingerprint density at radius 1 is 0.848 bits per heavy atom. The molecule has 0 N–H and O–H groups in total. The third kappa shape index (κ3) is 2.43. The maximum atomic E-state index is 12.9. The van der Waals surface area contributed by atoms with E-state index in [0.717, 1.165) is 24.8 Å². The van der Waals surface area contributed by atoms with Gasteiger partial charge in [0.2, 0.25) is 0 Å². The Balaban J connectivity index is 1.40. The van der Waals surface area contributed by atoms with Crippen LogP contribution < -0.4 is 0 Å². The van der Waals surface area contributed by atoms with Crippen LogP contribution in [0.25, 0.3) is 0 Å². The molecule has 6 rings (SSSR count). The van der Waals surface area contributed by atoms with E-state index < -0.39 is 0 Å². The number of hydrogen-bond donors (Lipinski definition) is 0. The quantitative estimate of drug-likeness (QED) is 0.302. The molecule has 3 nitrogen and oxygen atoms in total. The standard InChI is InChI=1S/C30H44O3/c1-17-23-19(33-25(17)32)16-27(4)14-15-29(6)18(24(23)27)8-9-21-28(5)12-11-22(31)26(2,3)20(28)10-13-30(21,29)7/h18-21,23-24H,1,8-16H2,2-7H3/t18-,19+,20+,21-,23?,24+,27+,28+,29-,30-/m1/s1. The van der Waals surface area contributed by atoms with E-state index in [1.54, 1.807) is 0 Å². The van der Waals surface area contributed by atoms with Crippen molar-refractivity contribution < 1.29 is 14.3 Å². The Labute approximate surface area is 200 Å². The minimum atomic E-state index is -0.185. The minimum Gasteiger partial charge on any atom is -0.458 e. The number of carbonyl (C=O) groups excluding carboxylic acids is 2. The van der Waals surface area contributed by atoms with E-state index in [1.807, 2.05) is 0 Å². The van der Waals surface area contributed by atoms with E-state index in [-0.39, 0.29) is 39.7 Å². The molecular weight excluding hydrogens is 408 g/mol. The van der Waals surface area contributed by atoms with Crippen molar-refractivity contribution >= 4 is 11.8 Å². The second kappa shape index (κ2) is 6.35. The summed E-state index contributed by atoms with van der Waals surface area (Å²) in [6, 6.07) is 0. The van der Waals surface area contributed by atoms with Crippen molar-refractivity contribution in [2.75, 3.05) is 0 Å². The van der Waals surface area contributed by atoms with Crippen LogP contribution in [-0.2, 0) is 14.3 Å². The van der Waals surface area contributed by atoms with Gasteiger partial charge in [0.15, 0.2) is 0 Å². The van der Waals surface area contributed by atoms with Crippen LogP contribution in [0.5, 0.6) is 0 Å². The lowest BCUT2D eigenvalue weighted by Crippen LogP contribution is -2.66. The van der Waals surface area contributed by atoms with Crippen LogP contribution in [0.4, 0.5) is 0 Å². The zero-order valence-electron chi connectivity index (χ0n) is 21.8. The highest BCUT2D eigenvalue weighted by molar-refractivity contribution is 5.91. The van der Waals surface area contributed by atoms with Gasteiger partial charge in [-0.15, -0.1) is 0 Å². The molecule has 1 unspecified atom stereocenters. The van der Waals surface area contributed by atoms with Gasteiger partial charge >= 0.3 is 5.97 Å². The zero-order chi connectivity index (χ0) is 23.8. The van der Waals surface area contributed by atoms with Crippen molar-refractivity contribution in [3.05, 3.63) is 12.2 Å². The monoisotopic (exact) mass is 452 g/mol. The number of fused-ring (bicyclic) bond motifs is 9. The Morgan fingerprint density at radius 3 is 2.30 bits per heavy atom. The number of rotatable bonds is 0. The van der Waals surface area contributed by atoms with Crippen molar-refractivity contribution in [1.29, 1.82) is 0 Å². The first kappa shape index (κ1) is 22.4. The maximum Gasteiger partial charge on any atom is 0.334 e. The van der Waals surface area contributed by atoms with Gasteiger partial charge in [-0.05, 0) is 96.7 Å². The lowest BCUT2D eigenvalue weighted by Gasteiger charge is -2.72. The summed E-state index contributed by atoms with van der Waals surface area (Å²) in [4.78, 5) is 25.4. The first-order valence-corrected chi connectivity index (χ1v) is 13.7. The predicted molar refractivity (Wildman–Crippen MR) is 129 cm³/mol. The number of Topliss-reactive ketones (excluding diaryl/α,β-unsaturated/α-hetero) is 1. The van der Waals surface area contributed by atoms with Crippen LogP contribution in [0.15, 0.2) is 12.2 Å². The highest BCUT2D eigenvalue weighted by Gasteiger charge is 2.72. The summed E-state index contributed by atoms with van der Waals surface area (Å²) in [6.45, 7) is 19.0. The molecule has 0 aromatic rings. The van der Waals surface area contributed by atoms with Gasteiger partial charge in [0.1, 0.15) is 11.9 Å².